The molecule has 0 bridgehead atoms. The van der Waals surface area contributed by atoms with Gasteiger partial charge >= 0.3 is 5.97 Å². The summed E-state index contributed by atoms with van der Waals surface area (Å²) in [5.74, 6) is -2.78. The molecule has 0 aliphatic heterocycles. The van der Waals surface area contributed by atoms with Crippen molar-refractivity contribution < 1.29 is 28.4 Å². The van der Waals surface area contributed by atoms with E-state index in [0.717, 1.165) is 17.7 Å². The highest BCUT2D eigenvalue weighted by Crippen LogP contribution is 2.22. The van der Waals surface area contributed by atoms with Gasteiger partial charge in [-0.2, -0.15) is 0 Å². The number of amides is 2. The summed E-state index contributed by atoms with van der Waals surface area (Å²) in [6.45, 7) is 3.07. The molecule has 2 rings (SSSR count). The highest BCUT2D eigenvalue weighted by Gasteiger charge is 2.28. The topological polar surface area (TPSA) is 128 Å². The van der Waals surface area contributed by atoms with Crippen LogP contribution in [0.5, 0.6) is 0 Å². The molecule has 0 fully saturated rings. The number of esters is 1. The maximum absolute atomic E-state index is 12.9. The maximum Gasteiger partial charge on any atom is 0.329 e. The lowest BCUT2D eigenvalue weighted by Gasteiger charge is -2.21. The molecule has 9 nitrogen and oxygen atoms in total. The van der Waals surface area contributed by atoms with E-state index in [9.17, 15) is 28.9 Å². The number of nitrogens with one attached hydrogen (secondary N) is 2. The van der Waals surface area contributed by atoms with Crippen LogP contribution >= 0.6 is 11.6 Å². The molecule has 0 radical (unpaired) electrons. The van der Waals surface area contributed by atoms with Gasteiger partial charge in [0.05, 0.1) is 15.5 Å². The Morgan fingerprint density at radius 1 is 1.15 bits per heavy atom. The van der Waals surface area contributed by atoms with Crippen LogP contribution in [0.3, 0.4) is 0 Å². The van der Waals surface area contributed by atoms with E-state index in [1.165, 1.54) is 18.2 Å². The monoisotopic (exact) mass is 479 g/mol. The van der Waals surface area contributed by atoms with Gasteiger partial charge in [0.15, 0.2) is 6.61 Å². The van der Waals surface area contributed by atoms with Crippen LogP contribution in [-0.4, -0.2) is 41.9 Å². The molecular weight excluding hydrogens is 457 g/mol. The summed E-state index contributed by atoms with van der Waals surface area (Å²) in [5.41, 5.74) is 0.516. The minimum atomic E-state index is -1.07. The number of nitro groups is 1. The first-order valence-electron chi connectivity index (χ1n) is 10.0. The minimum Gasteiger partial charge on any atom is -0.454 e. The van der Waals surface area contributed by atoms with Gasteiger partial charge in [0.2, 0.25) is 0 Å². The Hall–Kier alpha value is -3.53. The molecule has 0 spiro atoms. The van der Waals surface area contributed by atoms with Gasteiger partial charge in [-0.1, -0.05) is 37.6 Å². The van der Waals surface area contributed by atoms with E-state index in [1.807, 2.05) is 0 Å². The quantitative estimate of drug-likeness (QED) is 0.306. The molecule has 0 aliphatic carbocycles. The normalized spacial score (nSPS) is 11.5. The fourth-order valence-electron chi connectivity index (χ4n) is 2.79. The summed E-state index contributed by atoms with van der Waals surface area (Å²) in [4.78, 5) is 47.1. The van der Waals surface area contributed by atoms with Crippen LogP contribution in [-0.2, 0) is 20.7 Å². The van der Waals surface area contributed by atoms with E-state index in [4.69, 9.17) is 16.3 Å². The summed E-state index contributed by atoms with van der Waals surface area (Å²) in [5, 5.41) is 15.7. The highest BCUT2D eigenvalue weighted by atomic mass is 35.5. The third-order valence-corrected chi connectivity index (χ3v) is 4.92. The van der Waals surface area contributed by atoms with Crippen LogP contribution in [0.25, 0.3) is 0 Å². The number of nitro benzene ring substituents is 1. The van der Waals surface area contributed by atoms with Crippen molar-refractivity contribution in [1.29, 1.82) is 0 Å². The highest BCUT2D eigenvalue weighted by molar-refractivity contribution is 6.34. The number of hydrogen-bond donors (Lipinski definition) is 2. The van der Waals surface area contributed by atoms with E-state index in [-0.39, 0.29) is 34.6 Å². The van der Waals surface area contributed by atoms with Gasteiger partial charge in [-0.25, -0.2) is 9.18 Å². The second kappa shape index (κ2) is 11.9. The summed E-state index contributed by atoms with van der Waals surface area (Å²) in [6.07, 6.45) is 0.473. The summed E-state index contributed by atoms with van der Waals surface area (Å²) in [6, 6.07) is 8.13. The third kappa shape index (κ3) is 7.83. The average molecular weight is 480 g/mol. The number of nitrogens with zero attached hydrogens (tertiary/aromatic N) is 1. The summed E-state index contributed by atoms with van der Waals surface area (Å²) in [7, 11) is 0. The van der Waals surface area contributed by atoms with E-state index in [0.29, 0.717) is 6.42 Å². The standard InChI is InChI=1S/C22H23ClFN3O6/c1-13(2)20(26-21(29)17-8-7-16(27(31)32)11-18(17)23)22(30)33-12-19(28)25-10-9-14-3-5-15(24)6-4-14/h3-8,11,13,20H,9-10,12H2,1-2H3,(H,25,28)(H,26,29)/t20-/m0/s1. The Morgan fingerprint density at radius 2 is 1.82 bits per heavy atom. The molecule has 0 aliphatic rings. The van der Waals surface area contributed by atoms with Crippen LogP contribution in [0.2, 0.25) is 5.02 Å². The van der Waals surface area contributed by atoms with E-state index in [2.05, 4.69) is 10.6 Å². The average Bonchev–Trinajstić information content (AvgIpc) is 2.76. The molecule has 0 unspecified atom stereocenters. The minimum absolute atomic E-state index is 0.0424. The van der Waals surface area contributed by atoms with Gasteiger partial charge in [-0.15, -0.1) is 0 Å². The van der Waals surface area contributed by atoms with Crippen LogP contribution in [0, 0.1) is 21.8 Å². The largest absolute Gasteiger partial charge is 0.454 e. The van der Waals surface area contributed by atoms with Crippen molar-refractivity contribution in [3.05, 3.63) is 74.5 Å². The first-order valence-corrected chi connectivity index (χ1v) is 10.4. The Bertz CT molecular complexity index is 1030. The molecule has 2 N–H and O–H groups in total. The van der Waals surface area contributed by atoms with E-state index < -0.39 is 35.4 Å². The molecule has 2 aromatic rings. The van der Waals surface area contributed by atoms with E-state index >= 15 is 0 Å². The second-order valence-corrected chi connectivity index (χ2v) is 7.86. The van der Waals surface area contributed by atoms with Gasteiger partial charge in [-0.3, -0.25) is 19.7 Å². The lowest BCUT2D eigenvalue weighted by Crippen LogP contribution is -2.46. The number of ether oxygens (including phenoxy) is 1. The van der Waals surface area contributed by atoms with Crippen molar-refractivity contribution in [1.82, 2.24) is 10.6 Å². The van der Waals surface area contributed by atoms with Crippen molar-refractivity contribution >= 4 is 35.1 Å². The maximum atomic E-state index is 12.9. The number of halogens is 2. The van der Waals surface area contributed by atoms with Gasteiger partial charge in [0.25, 0.3) is 17.5 Å². The lowest BCUT2D eigenvalue weighted by atomic mass is 10.0. The van der Waals surface area contributed by atoms with E-state index in [1.54, 1.807) is 26.0 Å². The zero-order valence-corrected chi connectivity index (χ0v) is 18.7. The molecule has 0 aromatic heterocycles. The van der Waals surface area contributed by atoms with Crippen LogP contribution in [0.4, 0.5) is 10.1 Å². The van der Waals surface area contributed by atoms with Crippen molar-refractivity contribution in [3.63, 3.8) is 0 Å². The first-order chi connectivity index (χ1) is 15.6. The number of carbonyl (C=O) groups excluding carboxylic acids is 3. The molecular formula is C22H23ClFN3O6. The molecule has 0 saturated carbocycles. The SMILES string of the molecule is CC(C)[C@H](NC(=O)c1ccc([N+](=O)[O-])cc1Cl)C(=O)OCC(=O)NCCc1ccc(F)cc1. The fourth-order valence-corrected chi connectivity index (χ4v) is 3.05. The molecule has 11 heteroatoms. The number of carbonyl (C=O) groups is 3. The second-order valence-electron chi connectivity index (χ2n) is 7.45. The molecule has 0 heterocycles. The molecule has 2 aromatic carbocycles. The van der Waals surface area contributed by atoms with Crippen LogP contribution in [0.1, 0.15) is 29.8 Å². The predicted molar refractivity (Wildman–Crippen MR) is 118 cm³/mol. The van der Waals surface area contributed by atoms with Gasteiger partial charge in [0, 0.05) is 18.7 Å². The van der Waals surface area contributed by atoms with Gasteiger partial charge in [0.1, 0.15) is 11.9 Å². The Morgan fingerprint density at radius 3 is 2.39 bits per heavy atom. The summed E-state index contributed by atoms with van der Waals surface area (Å²) < 4.78 is 17.9. The molecule has 1 atom stereocenters. The molecule has 176 valence electrons. The number of benzene rings is 2. The molecule has 0 saturated heterocycles. The third-order valence-electron chi connectivity index (χ3n) is 4.61. The fraction of sp³-hybridized carbons (Fsp3) is 0.318. The van der Waals surface area contributed by atoms with Gasteiger partial charge in [-0.05, 0) is 36.1 Å². The van der Waals surface area contributed by atoms with Crippen LogP contribution < -0.4 is 10.6 Å². The Balaban J connectivity index is 1.87. The summed E-state index contributed by atoms with van der Waals surface area (Å²) >= 11 is 5.96. The van der Waals surface area contributed by atoms with Crippen molar-refractivity contribution in [2.75, 3.05) is 13.2 Å². The Labute approximate surface area is 194 Å². The Kier molecular flexibility index (Phi) is 9.29. The predicted octanol–water partition coefficient (Wildman–Crippen LogP) is 3.04. The number of non-ortho nitro benzene ring substituents is 1. The number of hydrogen-bond acceptors (Lipinski definition) is 6. The van der Waals surface area contributed by atoms with Gasteiger partial charge < -0.3 is 15.4 Å². The zero-order valence-electron chi connectivity index (χ0n) is 18.0. The van der Waals surface area contributed by atoms with Crippen molar-refractivity contribution in [3.8, 4) is 0 Å². The molecule has 2 amide bonds. The smallest absolute Gasteiger partial charge is 0.329 e. The van der Waals surface area contributed by atoms with Crippen molar-refractivity contribution in [2.24, 2.45) is 5.92 Å². The number of rotatable bonds is 10. The molecule has 33 heavy (non-hydrogen) atoms. The first kappa shape index (κ1) is 25.7. The van der Waals surface area contributed by atoms with Crippen LogP contribution in [0.15, 0.2) is 42.5 Å². The van der Waals surface area contributed by atoms with Crippen molar-refractivity contribution in [2.45, 2.75) is 26.3 Å². The lowest BCUT2D eigenvalue weighted by molar-refractivity contribution is -0.384. The zero-order chi connectivity index (χ0) is 24.5.